The van der Waals surface area contributed by atoms with Crippen LogP contribution in [0.4, 0.5) is 5.69 Å². The summed E-state index contributed by atoms with van der Waals surface area (Å²) in [5, 5.41) is 0.686. The van der Waals surface area contributed by atoms with Gasteiger partial charge in [-0.2, -0.15) is 0 Å². The second-order valence-electron chi connectivity index (χ2n) is 3.95. The summed E-state index contributed by atoms with van der Waals surface area (Å²) in [5.41, 5.74) is 10.4. The third-order valence-corrected chi connectivity index (χ3v) is 2.99. The highest BCUT2D eigenvalue weighted by Gasteiger charge is 2.03. The van der Waals surface area contributed by atoms with E-state index in [0.717, 1.165) is 17.7 Å². The van der Waals surface area contributed by atoms with Gasteiger partial charge in [0.1, 0.15) is 0 Å². The van der Waals surface area contributed by atoms with Crippen molar-refractivity contribution in [2.45, 2.75) is 13.3 Å². The Morgan fingerprint density at radius 2 is 1.81 bits per heavy atom. The van der Waals surface area contributed by atoms with E-state index in [1.54, 1.807) is 6.07 Å². The van der Waals surface area contributed by atoms with Crippen LogP contribution in [-0.4, -0.2) is 0 Å². The number of hydrogen-bond donors (Lipinski definition) is 1. The molecule has 0 heterocycles. The van der Waals surface area contributed by atoms with Crippen molar-refractivity contribution in [1.82, 2.24) is 0 Å². The fourth-order valence-corrected chi connectivity index (χ4v) is 1.92. The maximum absolute atomic E-state index is 5.93. The summed E-state index contributed by atoms with van der Waals surface area (Å²) in [6.07, 6.45) is 0.857. The average Bonchev–Trinajstić information content (AvgIpc) is 2.25. The van der Waals surface area contributed by atoms with Crippen molar-refractivity contribution in [3.05, 3.63) is 64.2 Å². The van der Waals surface area contributed by atoms with Crippen LogP contribution in [0.3, 0.4) is 0 Å². The molecule has 0 atom stereocenters. The van der Waals surface area contributed by atoms with E-state index in [1.165, 1.54) is 11.1 Å². The minimum Gasteiger partial charge on any atom is -0.398 e. The molecule has 0 aromatic heterocycles. The summed E-state index contributed by atoms with van der Waals surface area (Å²) in [7, 11) is 0. The van der Waals surface area contributed by atoms with Crippen LogP contribution < -0.4 is 5.73 Å². The molecule has 2 rings (SSSR count). The molecule has 0 aliphatic heterocycles. The molecule has 0 saturated heterocycles. The minimum absolute atomic E-state index is 0.686. The molecule has 0 fully saturated rings. The molecule has 0 aliphatic rings. The SMILES string of the molecule is Cc1ccccc1Cc1ccc(Cl)cc1N. The molecular weight excluding hydrogens is 218 g/mol. The van der Waals surface area contributed by atoms with E-state index in [0.29, 0.717) is 5.02 Å². The number of nitrogen functional groups attached to an aromatic ring is 1. The van der Waals surface area contributed by atoms with Gasteiger partial charge in [0.15, 0.2) is 0 Å². The molecule has 0 bridgehead atoms. The Kier molecular flexibility index (Phi) is 3.16. The molecule has 1 nitrogen and oxygen atoms in total. The largest absolute Gasteiger partial charge is 0.398 e. The van der Waals surface area contributed by atoms with Gasteiger partial charge in [0.2, 0.25) is 0 Å². The molecule has 0 radical (unpaired) electrons. The van der Waals surface area contributed by atoms with Crippen LogP contribution >= 0.6 is 11.6 Å². The van der Waals surface area contributed by atoms with Crippen molar-refractivity contribution in [2.75, 3.05) is 5.73 Å². The van der Waals surface area contributed by atoms with Crippen LogP contribution in [0.2, 0.25) is 5.02 Å². The zero-order valence-corrected chi connectivity index (χ0v) is 9.96. The molecule has 2 aromatic rings. The smallest absolute Gasteiger partial charge is 0.0426 e. The zero-order chi connectivity index (χ0) is 11.5. The lowest BCUT2D eigenvalue weighted by molar-refractivity contribution is 1.16. The summed E-state index contributed by atoms with van der Waals surface area (Å²) in [4.78, 5) is 0. The maximum atomic E-state index is 5.93. The van der Waals surface area contributed by atoms with E-state index in [-0.39, 0.29) is 0 Å². The van der Waals surface area contributed by atoms with Crippen LogP contribution in [0.15, 0.2) is 42.5 Å². The summed E-state index contributed by atoms with van der Waals surface area (Å²) in [6, 6.07) is 14.0. The Morgan fingerprint density at radius 3 is 2.50 bits per heavy atom. The lowest BCUT2D eigenvalue weighted by Gasteiger charge is -2.08. The number of hydrogen-bond acceptors (Lipinski definition) is 1. The van der Waals surface area contributed by atoms with Gasteiger partial charge in [-0.3, -0.25) is 0 Å². The van der Waals surface area contributed by atoms with Gasteiger partial charge in [0.25, 0.3) is 0 Å². The molecule has 0 unspecified atom stereocenters. The highest BCUT2D eigenvalue weighted by Crippen LogP contribution is 2.22. The highest BCUT2D eigenvalue weighted by atomic mass is 35.5. The Hall–Kier alpha value is -1.47. The number of halogens is 1. The first kappa shape index (κ1) is 11.0. The normalized spacial score (nSPS) is 10.4. The van der Waals surface area contributed by atoms with Gasteiger partial charge in [0, 0.05) is 10.7 Å². The monoisotopic (exact) mass is 231 g/mol. The predicted octanol–water partition coefficient (Wildman–Crippen LogP) is 3.82. The zero-order valence-electron chi connectivity index (χ0n) is 9.20. The predicted molar refractivity (Wildman–Crippen MR) is 69.8 cm³/mol. The summed E-state index contributed by atoms with van der Waals surface area (Å²) in [5.74, 6) is 0. The molecule has 2 N–H and O–H groups in total. The first-order valence-corrected chi connectivity index (χ1v) is 5.63. The van der Waals surface area contributed by atoms with Crippen molar-refractivity contribution in [1.29, 1.82) is 0 Å². The fourth-order valence-electron chi connectivity index (χ4n) is 1.74. The van der Waals surface area contributed by atoms with E-state index < -0.39 is 0 Å². The van der Waals surface area contributed by atoms with E-state index >= 15 is 0 Å². The third kappa shape index (κ3) is 2.37. The minimum atomic E-state index is 0.686. The van der Waals surface area contributed by atoms with E-state index in [1.807, 2.05) is 18.2 Å². The quantitative estimate of drug-likeness (QED) is 0.782. The number of nitrogens with two attached hydrogens (primary N) is 1. The third-order valence-electron chi connectivity index (χ3n) is 2.75. The molecule has 2 aromatic carbocycles. The summed E-state index contributed by atoms with van der Waals surface area (Å²) >= 11 is 5.87. The lowest BCUT2D eigenvalue weighted by Crippen LogP contribution is -1.97. The van der Waals surface area contributed by atoms with Crippen LogP contribution in [0.25, 0.3) is 0 Å². The van der Waals surface area contributed by atoms with Crippen LogP contribution in [-0.2, 0) is 6.42 Å². The number of rotatable bonds is 2. The first-order valence-electron chi connectivity index (χ1n) is 5.25. The summed E-state index contributed by atoms with van der Waals surface area (Å²) in [6.45, 7) is 2.11. The summed E-state index contributed by atoms with van der Waals surface area (Å²) < 4.78 is 0. The lowest BCUT2D eigenvalue weighted by atomic mass is 10.00. The average molecular weight is 232 g/mol. The van der Waals surface area contributed by atoms with Gasteiger partial charge in [-0.15, -0.1) is 0 Å². The first-order chi connectivity index (χ1) is 7.66. The van der Waals surface area contributed by atoms with E-state index in [2.05, 4.69) is 25.1 Å². The van der Waals surface area contributed by atoms with Gasteiger partial charge in [0.05, 0.1) is 0 Å². The molecule has 0 amide bonds. The van der Waals surface area contributed by atoms with Crippen LogP contribution in [0.1, 0.15) is 16.7 Å². The van der Waals surface area contributed by atoms with Gasteiger partial charge in [-0.05, 0) is 42.2 Å². The Balaban J connectivity index is 2.31. The van der Waals surface area contributed by atoms with Crippen molar-refractivity contribution < 1.29 is 0 Å². The van der Waals surface area contributed by atoms with Crippen LogP contribution in [0, 0.1) is 6.92 Å². The fraction of sp³-hybridized carbons (Fsp3) is 0.143. The van der Waals surface area contributed by atoms with E-state index in [9.17, 15) is 0 Å². The van der Waals surface area contributed by atoms with Crippen molar-refractivity contribution in [2.24, 2.45) is 0 Å². The molecule has 0 saturated carbocycles. The second-order valence-corrected chi connectivity index (χ2v) is 4.38. The Bertz CT molecular complexity index is 506. The standard InChI is InChI=1S/C14H14ClN/c1-10-4-2-3-5-11(10)8-12-6-7-13(15)9-14(12)16/h2-7,9H,8,16H2,1H3. The number of anilines is 1. The number of aryl methyl sites for hydroxylation is 1. The molecule has 16 heavy (non-hydrogen) atoms. The van der Waals surface area contributed by atoms with Crippen molar-refractivity contribution in [3.63, 3.8) is 0 Å². The Labute approximate surface area is 101 Å². The Morgan fingerprint density at radius 1 is 1.06 bits per heavy atom. The van der Waals surface area contributed by atoms with E-state index in [4.69, 9.17) is 17.3 Å². The topological polar surface area (TPSA) is 26.0 Å². The molecule has 82 valence electrons. The molecule has 0 spiro atoms. The highest BCUT2D eigenvalue weighted by molar-refractivity contribution is 6.30. The van der Waals surface area contributed by atoms with Crippen LogP contribution in [0.5, 0.6) is 0 Å². The van der Waals surface area contributed by atoms with Gasteiger partial charge in [-0.1, -0.05) is 41.9 Å². The molecular formula is C14H14ClN. The van der Waals surface area contributed by atoms with Gasteiger partial charge < -0.3 is 5.73 Å². The number of benzene rings is 2. The maximum Gasteiger partial charge on any atom is 0.0426 e. The van der Waals surface area contributed by atoms with Crippen molar-refractivity contribution >= 4 is 17.3 Å². The molecule has 2 heteroatoms. The molecule has 0 aliphatic carbocycles. The van der Waals surface area contributed by atoms with Gasteiger partial charge >= 0.3 is 0 Å². The van der Waals surface area contributed by atoms with Gasteiger partial charge in [-0.25, -0.2) is 0 Å². The van der Waals surface area contributed by atoms with Crippen molar-refractivity contribution in [3.8, 4) is 0 Å². The second kappa shape index (κ2) is 4.58.